The lowest BCUT2D eigenvalue weighted by Gasteiger charge is -2.13. The van der Waals surface area contributed by atoms with Crippen molar-refractivity contribution in [3.63, 3.8) is 0 Å². The number of aryl methyl sites for hydroxylation is 1. The Morgan fingerprint density at radius 3 is 2.65 bits per heavy atom. The van der Waals surface area contributed by atoms with Crippen LogP contribution in [0.4, 0.5) is 18.9 Å². The number of hydrogen-bond acceptors (Lipinski definition) is 5. The van der Waals surface area contributed by atoms with Gasteiger partial charge in [0.1, 0.15) is 5.82 Å². The number of hydrogen-bond donors (Lipinski definition) is 1. The Kier molecular flexibility index (Phi) is 7.39. The molecule has 1 aromatic carbocycles. The van der Waals surface area contributed by atoms with Crippen LogP contribution in [0.15, 0.2) is 47.8 Å². The van der Waals surface area contributed by atoms with Crippen LogP contribution in [0.1, 0.15) is 17.1 Å². The SMILES string of the molecule is COCCn1c(Cc2cccn2C)nnc1SCC(=O)Nc1ccccc1C(F)(F)F. The summed E-state index contributed by atoms with van der Waals surface area (Å²) in [6.45, 7) is 0.918. The van der Waals surface area contributed by atoms with Gasteiger partial charge in [-0.25, -0.2) is 0 Å². The van der Waals surface area contributed by atoms with E-state index in [1.165, 1.54) is 18.2 Å². The van der Waals surface area contributed by atoms with Crippen LogP contribution in [-0.2, 0) is 35.7 Å². The van der Waals surface area contributed by atoms with Crippen molar-refractivity contribution in [3.05, 3.63) is 59.7 Å². The second kappa shape index (κ2) is 10.0. The van der Waals surface area contributed by atoms with Crippen molar-refractivity contribution in [3.8, 4) is 0 Å². The number of carbonyl (C=O) groups excluding carboxylic acids is 1. The minimum atomic E-state index is -4.55. The molecule has 0 bridgehead atoms. The van der Waals surface area contributed by atoms with Crippen molar-refractivity contribution in [2.45, 2.75) is 24.3 Å². The summed E-state index contributed by atoms with van der Waals surface area (Å²) in [5, 5.41) is 11.2. The number of thioether (sulfide) groups is 1. The molecule has 11 heteroatoms. The number of nitrogens with zero attached hydrogens (tertiary/aromatic N) is 4. The van der Waals surface area contributed by atoms with Gasteiger partial charge in [-0.15, -0.1) is 10.2 Å². The van der Waals surface area contributed by atoms with E-state index in [0.29, 0.717) is 30.6 Å². The number of carbonyl (C=O) groups is 1. The first kappa shape index (κ1) is 22.9. The molecule has 0 saturated carbocycles. The quantitative estimate of drug-likeness (QED) is 0.501. The lowest BCUT2D eigenvalue weighted by atomic mass is 10.1. The van der Waals surface area contributed by atoms with Gasteiger partial charge in [-0.2, -0.15) is 13.2 Å². The molecule has 0 aliphatic carbocycles. The highest BCUT2D eigenvalue weighted by Gasteiger charge is 2.33. The van der Waals surface area contributed by atoms with E-state index >= 15 is 0 Å². The first-order valence-electron chi connectivity index (χ1n) is 9.39. The van der Waals surface area contributed by atoms with E-state index in [1.54, 1.807) is 7.11 Å². The zero-order valence-corrected chi connectivity index (χ0v) is 17.8. The molecule has 1 amide bonds. The number of methoxy groups -OCH3 is 1. The van der Waals surface area contributed by atoms with E-state index < -0.39 is 17.6 Å². The monoisotopic (exact) mass is 453 g/mol. The van der Waals surface area contributed by atoms with Gasteiger partial charge in [-0.1, -0.05) is 23.9 Å². The van der Waals surface area contributed by atoms with Gasteiger partial charge in [0.2, 0.25) is 5.91 Å². The molecule has 0 aliphatic rings. The molecule has 0 saturated heterocycles. The summed E-state index contributed by atoms with van der Waals surface area (Å²) in [5.41, 5.74) is -0.114. The predicted molar refractivity (Wildman–Crippen MR) is 111 cm³/mol. The van der Waals surface area contributed by atoms with Crippen LogP contribution < -0.4 is 5.32 Å². The minimum absolute atomic E-state index is 0.110. The second-order valence-corrected chi connectivity index (χ2v) is 7.65. The first-order chi connectivity index (χ1) is 14.8. The molecule has 0 fully saturated rings. The van der Waals surface area contributed by atoms with E-state index in [2.05, 4.69) is 15.5 Å². The normalized spacial score (nSPS) is 11.6. The third-order valence-electron chi connectivity index (χ3n) is 4.54. The number of halogens is 3. The van der Waals surface area contributed by atoms with Crippen LogP contribution in [0.3, 0.4) is 0 Å². The fraction of sp³-hybridized carbons (Fsp3) is 0.350. The summed E-state index contributed by atoms with van der Waals surface area (Å²) in [6.07, 6.45) is -2.07. The van der Waals surface area contributed by atoms with Crippen molar-refractivity contribution in [2.24, 2.45) is 7.05 Å². The number of amides is 1. The molecule has 3 rings (SSSR count). The molecule has 31 heavy (non-hydrogen) atoms. The standard InChI is InChI=1S/C20H22F3N5O2S/c1-27-9-5-6-14(27)12-17-25-26-19(28(17)10-11-30-2)31-13-18(29)24-16-8-4-3-7-15(16)20(21,22)23/h3-9H,10-13H2,1-2H3,(H,24,29). The Bertz CT molecular complexity index is 1030. The first-order valence-corrected chi connectivity index (χ1v) is 10.4. The van der Waals surface area contributed by atoms with Crippen molar-refractivity contribution in [2.75, 3.05) is 24.8 Å². The summed E-state index contributed by atoms with van der Waals surface area (Å²) in [6, 6.07) is 8.79. The average molecular weight is 453 g/mol. The Hall–Kier alpha value is -2.79. The molecule has 166 valence electrons. The zero-order chi connectivity index (χ0) is 22.4. The number of aromatic nitrogens is 4. The van der Waals surface area contributed by atoms with Crippen LogP contribution in [-0.4, -0.2) is 44.7 Å². The number of ether oxygens (including phenoxy) is 1. The lowest BCUT2D eigenvalue weighted by molar-refractivity contribution is -0.137. The van der Waals surface area contributed by atoms with Crippen LogP contribution in [0.5, 0.6) is 0 Å². The van der Waals surface area contributed by atoms with Crippen LogP contribution in [0.25, 0.3) is 0 Å². The molecule has 0 radical (unpaired) electrons. The smallest absolute Gasteiger partial charge is 0.383 e. The molecule has 2 aromatic heterocycles. The Balaban J connectivity index is 1.70. The average Bonchev–Trinajstić information content (AvgIpc) is 3.30. The summed E-state index contributed by atoms with van der Waals surface area (Å²) in [4.78, 5) is 12.3. The molecule has 0 aliphatic heterocycles. The Labute approximate surface area is 181 Å². The van der Waals surface area contributed by atoms with E-state index in [0.717, 1.165) is 23.5 Å². The predicted octanol–water partition coefficient (Wildman–Crippen LogP) is 3.60. The van der Waals surface area contributed by atoms with Gasteiger partial charge < -0.3 is 19.2 Å². The highest BCUT2D eigenvalue weighted by atomic mass is 32.2. The molecule has 3 aromatic rings. The fourth-order valence-electron chi connectivity index (χ4n) is 2.96. The highest BCUT2D eigenvalue weighted by molar-refractivity contribution is 7.99. The topological polar surface area (TPSA) is 74.0 Å². The maximum Gasteiger partial charge on any atom is 0.418 e. The Morgan fingerprint density at radius 1 is 1.19 bits per heavy atom. The number of anilines is 1. The van der Waals surface area contributed by atoms with E-state index in [1.807, 2.05) is 34.5 Å². The summed E-state index contributed by atoms with van der Waals surface area (Å²) >= 11 is 1.11. The van der Waals surface area contributed by atoms with Crippen LogP contribution >= 0.6 is 11.8 Å². The van der Waals surface area contributed by atoms with E-state index in [-0.39, 0.29) is 11.4 Å². The minimum Gasteiger partial charge on any atom is -0.383 e. The number of nitrogens with one attached hydrogen (secondary N) is 1. The van der Waals surface area contributed by atoms with E-state index in [4.69, 9.17) is 4.74 Å². The number of para-hydroxylation sites is 1. The van der Waals surface area contributed by atoms with Gasteiger partial charge in [0, 0.05) is 39.0 Å². The Morgan fingerprint density at radius 2 is 1.97 bits per heavy atom. The van der Waals surface area contributed by atoms with Crippen molar-refractivity contribution in [1.29, 1.82) is 0 Å². The molecule has 1 N–H and O–H groups in total. The third kappa shape index (κ3) is 5.88. The van der Waals surface area contributed by atoms with Crippen LogP contribution in [0.2, 0.25) is 0 Å². The molecule has 0 spiro atoms. The lowest BCUT2D eigenvalue weighted by Crippen LogP contribution is -2.18. The van der Waals surface area contributed by atoms with Gasteiger partial charge in [0.05, 0.1) is 23.6 Å². The maximum atomic E-state index is 13.1. The second-order valence-electron chi connectivity index (χ2n) is 6.71. The third-order valence-corrected chi connectivity index (χ3v) is 5.51. The molecule has 0 atom stereocenters. The van der Waals surface area contributed by atoms with Crippen molar-refractivity contribution >= 4 is 23.4 Å². The number of rotatable bonds is 9. The zero-order valence-electron chi connectivity index (χ0n) is 17.0. The maximum absolute atomic E-state index is 13.1. The fourth-order valence-corrected chi connectivity index (χ4v) is 3.74. The summed E-state index contributed by atoms with van der Waals surface area (Å²) < 4.78 is 48.3. The number of alkyl halides is 3. The van der Waals surface area contributed by atoms with Gasteiger partial charge >= 0.3 is 6.18 Å². The van der Waals surface area contributed by atoms with Gasteiger partial charge in [0.25, 0.3) is 0 Å². The largest absolute Gasteiger partial charge is 0.418 e. The molecule has 7 nitrogen and oxygen atoms in total. The summed E-state index contributed by atoms with van der Waals surface area (Å²) in [7, 11) is 3.52. The van der Waals surface area contributed by atoms with Gasteiger partial charge in [-0.05, 0) is 24.3 Å². The molecule has 0 unspecified atom stereocenters. The van der Waals surface area contributed by atoms with Crippen LogP contribution in [0, 0.1) is 0 Å². The van der Waals surface area contributed by atoms with Gasteiger partial charge in [0.15, 0.2) is 5.16 Å². The van der Waals surface area contributed by atoms with E-state index in [9.17, 15) is 18.0 Å². The van der Waals surface area contributed by atoms with Gasteiger partial charge in [-0.3, -0.25) is 4.79 Å². The molecular weight excluding hydrogens is 431 g/mol. The van der Waals surface area contributed by atoms with Crippen molar-refractivity contribution < 1.29 is 22.7 Å². The highest BCUT2D eigenvalue weighted by Crippen LogP contribution is 2.34. The molecule has 2 heterocycles. The number of benzene rings is 1. The molecular formula is C20H22F3N5O2S. The van der Waals surface area contributed by atoms with Crippen molar-refractivity contribution in [1.82, 2.24) is 19.3 Å². The summed E-state index contributed by atoms with van der Waals surface area (Å²) in [5.74, 6) is 0.0396.